The van der Waals surface area contributed by atoms with E-state index in [1.54, 1.807) is 12.1 Å². The number of halogens is 1. The standard InChI is InChI=1S/C16H20FNO3/c1-2-3-8-21-16(20)14-10-18-15(19)9-13(14)11-4-6-12(17)7-5-11/h4-7,13-14H,2-3,8-10H2,1H3,(H,18,19)/t13-,14+/m1/s1. The first kappa shape index (κ1) is 15.5. The van der Waals surface area contributed by atoms with Gasteiger partial charge in [-0.15, -0.1) is 0 Å². The van der Waals surface area contributed by atoms with E-state index < -0.39 is 5.92 Å². The number of amides is 1. The number of ether oxygens (including phenoxy) is 1. The molecule has 0 saturated carbocycles. The van der Waals surface area contributed by atoms with Crippen molar-refractivity contribution in [1.82, 2.24) is 5.32 Å². The molecule has 114 valence electrons. The van der Waals surface area contributed by atoms with E-state index in [0.29, 0.717) is 6.61 Å². The van der Waals surface area contributed by atoms with Crippen LogP contribution in [0.15, 0.2) is 24.3 Å². The summed E-state index contributed by atoms with van der Waals surface area (Å²) in [6.45, 7) is 2.69. The average molecular weight is 293 g/mol. The molecule has 0 aromatic heterocycles. The van der Waals surface area contributed by atoms with Gasteiger partial charge in [-0.05, 0) is 24.1 Å². The van der Waals surface area contributed by atoms with Crippen LogP contribution < -0.4 is 5.32 Å². The number of nitrogens with one attached hydrogen (secondary N) is 1. The molecule has 1 amide bonds. The van der Waals surface area contributed by atoms with Crippen LogP contribution in [-0.2, 0) is 14.3 Å². The second kappa shape index (κ2) is 7.20. The highest BCUT2D eigenvalue weighted by Crippen LogP contribution is 2.31. The van der Waals surface area contributed by atoms with Gasteiger partial charge >= 0.3 is 5.97 Å². The number of hydrogen-bond donors (Lipinski definition) is 1. The van der Waals surface area contributed by atoms with Crippen LogP contribution in [0.5, 0.6) is 0 Å². The van der Waals surface area contributed by atoms with Crippen molar-refractivity contribution in [1.29, 1.82) is 0 Å². The van der Waals surface area contributed by atoms with Gasteiger partial charge in [-0.3, -0.25) is 9.59 Å². The quantitative estimate of drug-likeness (QED) is 0.670. The number of unbranched alkanes of at least 4 members (excludes halogenated alkanes) is 1. The van der Waals surface area contributed by atoms with Gasteiger partial charge in [0.15, 0.2) is 0 Å². The second-order valence-corrected chi connectivity index (χ2v) is 5.29. The molecule has 1 aromatic rings. The Kier molecular flexibility index (Phi) is 5.31. The number of carbonyl (C=O) groups excluding carboxylic acids is 2. The molecule has 2 rings (SSSR count). The Labute approximate surface area is 123 Å². The Balaban J connectivity index is 2.11. The largest absolute Gasteiger partial charge is 0.465 e. The molecular formula is C16H20FNO3. The molecule has 1 aliphatic rings. The predicted octanol–water partition coefficient (Wildman–Crippen LogP) is 2.39. The molecular weight excluding hydrogens is 273 g/mol. The fourth-order valence-electron chi connectivity index (χ4n) is 2.51. The summed E-state index contributed by atoms with van der Waals surface area (Å²) >= 11 is 0. The molecule has 21 heavy (non-hydrogen) atoms. The van der Waals surface area contributed by atoms with Gasteiger partial charge in [0.1, 0.15) is 5.82 Å². The van der Waals surface area contributed by atoms with Gasteiger partial charge in [-0.1, -0.05) is 25.5 Å². The third kappa shape index (κ3) is 4.03. The van der Waals surface area contributed by atoms with E-state index in [-0.39, 0.29) is 36.6 Å². The topological polar surface area (TPSA) is 55.4 Å². The Hall–Kier alpha value is -1.91. The molecule has 1 aromatic carbocycles. The normalized spacial score (nSPS) is 21.7. The fraction of sp³-hybridized carbons (Fsp3) is 0.500. The lowest BCUT2D eigenvalue weighted by atomic mass is 9.81. The molecule has 4 nitrogen and oxygen atoms in total. The summed E-state index contributed by atoms with van der Waals surface area (Å²) in [7, 11) is 0. The maximum atomic E-state index is 13.0. The van der Waals surface area contributed by atoms with Crippen LogP contribution >= 0.6 is 0 Å². The molecule has 0 aliphatic carbocycles. The molecule has 1 fully saturated rings. The summed E-state index contributed by atoms with van der Waals surface area (Å²) in [4.78, 5) is 23.8. The minimum atomic E-state index is -0.412. The van der Waals surface area contributed by atoms with Crippen molar-refractivity contribution >= 4 is 11.9 Å². The molecule has 1 heterocycles. The van der Waals surface area contributed by atoms with Crippen molar-refractivity contribution in [3.8, 4) is 0 Å². The highest BCUT2D eigenvalue weighted by Gasteiger charge is 2.36. The van der Waals surface area contributed by atoms with Gasteiger partial charge in [-0.2, -0.15) is 0 Å². The maximum Gasteiger partial charge on any atom is 0.311 e. The molecule has 1 saturated heterocycles. The van der Waals surface area contributed by atoms with Crippen molar-refractivity contribution in [2.24, 2.45) is 5.92 Å². The Morgan fingerprint density at radius 1 is 1.38 bits per heavy atom. The fourth-order valence-corrected chi connectivity index (χ4v) is 2.51. The first-order valence-corrected chi connectivity index (χ1v) is 7.30. The van der Waals surface area contributed by atoms with Crippen molar-refractivity contribution in [2.75, 3.05) is 13.2 Å². The third-order valence-corrected chi connectivity index (χ3v) is 3.75. The lowest BCUT2D eigenvalue weighted by Gasteiger charge is -2.30. The monoisotopic (exact) mass is 293 g/mol. The highest BCUT2D eigenvalue weighted by molar-refractivity contribution is 5.83. The van der Waals surface area contributed by atoms with Crippen LogP contribution in [0.25, 0.3) is 0 Å². The Morgan fingerprint density at radius 3 is 2.76 bits per heavy atom. The van der Waals surface area contributed by atoms with E-state index in [1.165, 1.54) is 12.1 Å². The van der Waals surface area contributed by atoms with Gasteiger partial charge in [0, 0.05) is 18.9 Å². The summed E-state index contributed by atoms with van der Waals surface area (Å²) in [6, 6.07) is 5.96. The number of carbonyl (C=O) groups is 2. The first-order valence-electron chi connectivity index (χ1n) is 7.30. The zero-order valence-electron chi connectivity index (χ0n) is 12.1. The molecule has 1 N–H and O–H groups in total. The van der Waals surface area contributed by atoms with E-state index in [4.69, 9.17) is 4.74 Å². The van der Waals surface area contributed by atoms with Crippen molar-refractivity contribution in [2.45, 2.75) is 32.1 Å². The van der Waals surface area contributed by atoms with Crippen molar-refractivity contribution < 1.29 is 18.7 Å². The Morgan fingerprint density at radius 2 is 2.10 bits per heavy atom. The molecule has 2 atom stereocenters. The maximum absolute atomic E-state index is 13.0. The SMILES string of the molecule is CCCCOC(=O)[C@H]1CNC(=O)C[C@@H]1c1ccc(F)cc1. The van der Waals surface area contributed by atoms with Crippen LogP contribution in [0.1, 0.15) is 37.7 Å². The van der Waals surface area contributed by atoms with Crippen LogP contribution in [0.2, 0.25) is 0 Å². The summed E-state index contributed by atoms with van der Waals surface area (Å²) in [6.07, 6.45) is 2.00. The molecule has 0 radical (unpaired) electrons. The lowest BCUT2D eigenvalue weighted by molar-refractivity contribution is -0.150. The number of rotatable bonds is 5. The number of hydrogen-bond acceptors (Lipinski definition) is 3. The summed E-state index contributed by atoms with van der Waals surface area (Å²) in [5.41, 5.74) is 0.795. The average Bonchev–Trinajstić information content (AvgIpc) is 2.48. The number of benzene rings is 1. The third-order valence-electron chi connectivity index (χ3n) is 3.75. The lowest BCUT2D eigenvalue weighted by Crippen LogP contribution is -2.43. The second-order valence-electron chi connectivity index (χ2n) is 5.29. The summed E-state index contributed by atoms with van der Waals surface area (Å²) in [5.74, 6) is -1.39. The van der Waals surface area contributed by atoms with Gasteiger partial charge in [0.05, 0.1) is 12.5 Å². The molecule has 1 aliphatic heterocycles. The zero-order chi connectivity index (χ0) is 15.2. The van der Waals surface area contributed by atoms with Crippen LogP contribution in [-0.4, -0.2) is 25.0 Å². The molecule has 0 spiro atoms. The number of piperidine rings is 1. The highest BCUT2D eigenvalue weighted by atomic mass is 19.1. The van der Waals surface area contributed by atoms with Crippen LogP contribution in [0.3, 0.4) is 0 Å². The van der Waals surface area contributed by atoms with Gasteiger partial charge in [0.25, 0.3) is 0 Å². The van der Waals surface area contributed by atoms with Gasteiger partial charge in [-0.25, -0.2) is 4.39 Å². The van der Waals surface area contributed by atoms with Crippen LogP contribution in [0.4, 0.5) is 4.39 Å². The summed E-state index contributed by atoms with van der Waals surface area (Å²) in [5, 5.41) is 2.70. The van der Waals surface area contributed by atoms with E-state index in [9.17, 15) is 14.0 Å². The van der Waals surface area contributed by atoms with Gasteiger partial charge < -0.3 is 10.1 Å². The van der Waals surface area contributed by atoms with E-state index in [0.717, 1.165) is 18.4 Å². The first-order chi connectivity index (χ1) is 10.1. The smallest absolute Gasteiger partial charge is 0.311 e. The Bertz CT molecular complexity index is 501. The van der Waals surface area contributed by atoms with Gasteiger partial charge in [0.2, 0.25) is 5.91 Å². The van der Waals surface area contributed by atoms with E-state index >= 15 is 0 Å². The zero-order valence-corrected chi connectivity index (χ0v) is 12.1. The van der Waals surface area contributed by atoms with Crippen LogP contribution in [0, 0.1) is 11.7 Å². The van der Waals surface area contributed by atoms with E-state index in [1.807, 2.05) is 6.92 Å². The summed E-state index contributed by atoms with van der Waals surface area (Å²) < 4.78 is 18.3. The minimum Gasteiger partial charge on any atom is -0.465 e. The molecule has 0 unspecified atom stereocenters. The molecule has 0 bridgehead atoms. The molecule has 5 heteroatoms. The predicted molar refractivity (Wildman–Crippen MR) is 76.1 cm³/mol. The number of esters is 1. The van der Waals surface area contributed by atoms with Crippen molar-refractivity contribution in [3.05, 3.63) is 35.6 Å². The van der Waals surface area contributed by atoms with E-state index in [2.05, 4.69) is 5.32 Å². The minimum absolute atomic E-state index is 0.0954. The van der Waals surface area contributed by atoms with Crippen molar-refractivity contribution in [3.63, 3.8) is 0 Å².